The van der Waals surface area contributed by atoms with Crippen LogP contribution in [0.15, 0.2) is 22.7 Å². The van der Waals surface area contributed by atoms with Crippen LogP contribution in [0.2, 0.25) is 0 Å². The Kier molecular flexibility index (Phi) is 4.63. The van der Waals surface area contributed by atoms with E-state index >= 15 is 0 Å². The zero-order valence-corrected chi connectivity index (χ0v) is 12.9. The smallest absolute Gasteiger partial charge is 0.231 e. The van der Waals surface area contributed by atoms with Gasteiger partial charge < -0.3 is 11.1 Å². The predicted octanol–water partition coefficient (Wildman–Crippen LogP) is 3.61. The molecule has 1 aliphatic carbocycles. The first-order valence-corrected chi connectivity index (χ1v) is 7.64. The van der Waals surface area contributed by atoms with Gasteiger partial charge in [0.05, 0.1) is 11.1 Å². The van der Waals surface area contributed by atoms with Gasteiger partial charge in [0.1, 0.15) is 0 Å². The molecule has 0 atom stereocenters. The molecule has 1 aliphatic rings. The van der Waals surface area contributed by atoms with Crippen LogP contribution in [0.25, 0.3) is 0 Å². The van der Waals surface area contributed by atoms with Gasteiger partial charge in [0.25, 0.3) is 0 Å². The van der Waals surface area contributed by atoms with Crippen molar-refractivity contribution in [3.05, 3.63) is 28.2 Å². The summed E-state index contributed by atoms with van der Waals surface area (Å²) in [5.74, 6) is 0.0688. The van der Waals surface area contributed by atoms with E-state index in [4.69, 9.17) is 5.73 Å². The third-order valence-electron chi connectivity index (χ3n) is 4.06. The molecule has 3 nitrogen and oxygen atoms in total. The first-order valence-electron chi connectivity index (χ1n) is 6.85. The highest BCUT2D eigenvalue weighted by molar-refractivity contribution is 9.10. The molecular weight excluding hydrogens is 304 g/mol. The molecule has 0 aliphatic heterocycles. The normalized spacial score (nSPS) is 18.1. The van der Waals surface area contributed by atoms with Crippen LogP contribution in [0.4, 0.5) is 5.69 Å². The Morgan fingerprint density at radius 2 is 2.05 bits per heavy atom. The molecule has 0 unspecified atom stereocenters. The van der Waals surface area contributed by atoms with Gasteiger partial charge in [0.2, 0.25) is 5.91 Å². The topological polar surface area (TPSA) is 55.1 Å². The van der Waals surface area contributed by atoms with E-state index in [1.807, 2.05) is 25.1 Å². The van der Waals surface area contributed by atoms with Gasteiger partial charge in [0, 0.05) is 11.0 Å². The number of benzene rings is 1. The molecule has 1 saturated carbocycles. The highest BCUT2D eigenvalue weighted by atomic mass is 79.9. The number of amides is 1. The average Bonchev–Trinajstić information content (AvgIpc) is 2.42. The molecule has 1 aromatic rings. The number of rotatable bonds is 3. The van der Waals surface area contributed by atoms with Crippen molar-refractivity contribution < 1.29 is 4.79 Å². The second-order valence-electron chi connectivity index (χ2n) is 5.48. The van der Waals surface area contributed by atoms with Gasteiger partial charge in [-0.1, -0.05) is 25.3 Å². The van der Waals surface area contributed by atoms with Crippen molar-refractivity contribution >= 4 is 27.5 Å². The number of carbonyl (C=O) groups excluding carboxylic acids is 1. The monoisotopic (exact) mass is 324 g/mol. The van der Waals surface area contributed by atoms with E-state index in [0.29, 0.717) is 6.54 Å². The lowest BCUT2D eigenvalue weighted by atomic mass is 9.73. The van der Waals surface area contributed by atoms with Gasteiger partial charge in [-0.2, -0.15) is 0 Å². The third-order valence-corrected chi connectivity index (χ3v) is 4.71. The minimum absolute atomic E-state index is 0.0688. The van der Waals surface area contributed by atoms with E-state index in [-0.39, 0.29) is 11.3 Å². The van der Waals surface area contributed by atoms with Crippen molar-refractivity contribution in [2.45, 2.75) is 39.0 Å². The average molecular weight is 325 g/mol. The van der Waals surface area contributed by atoms with Crippen molar-refractivity contribution in [2.24, 2.45) is 11.1 Å². The molecule has 3 N–H and O–H groups in total. The number of aryl methyl sites for hydroxylation is 1. The maximum absolute atomic E-state index is 12.5. The maximum atomic E-state index is 12.5. The summed E-state index contributed by atoms with van der Waals surface area (Å²) in [5.41, 5.74) is 7.50. The number of hydrogen-bond donors (Lipinski definition) is 2. The van der Waals surface area contributed by atoms with Gasteiger partial charge in [-0.25, -0.2) is 0 Å². The fourth-order valence-corrected chi connectivity index (χ4v) is 3.32. The predicted molar refractivity (Wildman–Crippen MR) is 82.1 cm³/mol. The largest absolute Gasteiger partial charge is 0.329 e. The van der Waals surface area contributed by atoms with E-state index in [1.165, 1.54) is 6.42 Å². The molecule has 0 heterocycles. The molecule has 0 bridgehead atoms. The molecule has 19 heavy (non-hydrogen) atoms. The Morgan fingerprint density at radius 3 is 2.63 bits per heavy atom. The first-order chi connectivity index (χ1) is 9.07. The summed E-state index contributed by atoms with van der Waals surface area (Å²) in [6.45, 7) is 2.46. The SMILES string of the molecule is Cc1ccc(NC(=O)C2(CN)CCCCC2)c(Br)c1. The molecule has 0 aromatic heterocycles. The summed E-state index contributed by atoms with van der Waals surface area (Å²) in [5, 5.41) is 3.03. The van der Waals surface area contributed by atoms with Crippen LogP contribution in [0, 0.1) is 12.3 Å². The molecule has 0 radical (unpaired) electrons. The van der Waals surface area contributed by atoms with Gasteiger partial charge in [0.15, 0.2) is 0 Å². The molecule has 1 amide bonds. The van der Waals surface area contributed by atoms with E-state index < -0.39 is 0 Å². The Hall–Kier alpha value is -0.870. The van der Waals surface area contributed by atoms with Crippen LogP contribution in [-0.4, -0.2) is 12.5 Å². The molecule has 104 valence electrons. The number of hydrogen-bond acceptors (Lipinski definition) is 2. The Bertz CT molecular complexity index is 467. The van der Waals surface area contributed by atoms with Gasteiger partial charge in [-0.3, -0.25) is 4.79 Å². The maximum Gasteiger partial charge on any atom is 0.231 e. The summed E-state index contributed by atoms with van der Waals surface area (Å²) in [7, 11) is 0. The van der Waals surface area contributed by atoms with E-state index in [9.17, 15) is 4.79 Å². The molecule has 1 aromatic carbocycles. The van der Waals surface area contributed by atoms with Gasteiger partial charge >= 0.3 is 0 Å². The van der Waals surface area contributed by atoms with Crippen molar-refractivity contribution in [1.29, 1.82) is 0 Å². The van der Waals surface area contributed by atoms with Crippen LogP contribution < -0.4 is 11.1 Å². The molecule has 2 rings (SSSR count). The van der Waals surface area contributed by atoms with Crippen LogP contribution in [0.3, 0.4) is 0 Å². The van der Waals surface area contributed by atoms with Crippen LogP contribution in [-0.2, 0) is 4.79 Å². The second kappa shape index (κ2) is 6.06. The molecule has 1 fully saturated rings. The Morgan fingerprint density at radius 1 is 1.37 bits per heavy atom. The van der Waals surface area contributed by atoms with E-state index in [1.54, 1.807) is 0 Å². The number of anilines is 1. The standard InChI is InChI=1S/C15H21BrN2O/c1-11-5-6-13(12(16)9-11)18-14(19)15(10-17)7-3-2-4-8-15/h5-6,9H,2-4,7-8,10,17H2,1H3,(H,18,19). The molecule has 4 heteroatoms. The number of halogens is 1. The lowest BCUT2D eigenvalue weighted by Crippen LogP contribution is -2.43. The van der Waals surface area contributed by atoms with Crippen molar-refractivity contribution in [3.8, 4) is 0 Å². The number of nitrogens with two attached hydrogens (primary N) is 1. The Balaban J connectivity index is 2.15. The minimum atomic E-state index is -0.372. The van der Waals surface area contributed by atoms with Gasteiger partial charge in [-0.05, 0) is 53.4 Å². The van der Waals surface area contributed by atoms with Crippen LogP contribution >= 0.6 is 15.9 Å². The zero-order chi connectivity index (χ0) is 13.9. The summed E-state index contributed by atoms with van der Waals surface area (Å²) < 4.78 is 0.920. The molecule has 0 spiro atoms. The quantitative estimate of drug-likeness (QED) is 0.892. The molecule has 0 saturated heterocycles. The van der Waals surface area contributed by atoms with E-state index in [0.717, 1.165) is 41.4 Å². The highest BCUT2D eigenvalue weighted by Gasteiger charge is 2.38. The summed E-state index contributed by atoms with van der Waals surface area (Å²) in [6.07, 6.45) is 5.21. The van der Waals surface area contributed by atoms with Crippen LogP contribution in [0.1, 0.15) is 37.7 Å². The lowest BCUT2D eigenvalue weighted by Gasteiger charge is -2.34. The molecular formula is C15H21BrN2O. The zero-order valence-electron chi connectivity index (χ0n) is 11.3. The summed E-state index contributed by atoms with van der Waals surface area (Å²) >= 11 is 3.49. The second-order valence-corrected chi connectivity index (χ2v) is 6.34. The first kappa shape index (κ1) is 14.5. The Labute approximate surface area is 123 Å². The van der Waals surface area contributed by atoms with Crippen LogP contribution in [0.5, 0.6) is 0 Å². The summed E-state index contributed by atoms with van der Waals surface area (Å²) in [4.78, 5) is 12.5. The fraction of sp³-hybridized carbons (Fsp3) is 0.533. The number of nitrogens with one attached hydrogen (secondary N) is 1. The van der Waals surface area contributed by atoms with Crippen molar-refractivity contribution in [2.75, 3.05) is 11.9 Å². The highest BCUT2D eigenvalue weighted by Crippen LogP contribution is 2.37. The van der Waals surface area contributed by atoms with Gasteiger partial charge in [-0.15, -0.1) is 0 Å². The van der Waals surface area contributed by atoms with Crippen molar-refractivity contribution in [3.63, 3.8) is 0 Å². The fourth-order valence-electron chi connectivity index (χ4n) is 2.73. The summed E-state index contributed by atoms with van der Waals surface area (Å²) in [6, 6.07) is 5.94. The third kappa shape index (κ3) is 3.18. The van der Waals surface area contributed by atoms with E-state index in [2.05, 4.69) is 21.2 Å². The van der Waals surface area contributed by atoms with Crippen molar-refractivity contribution in [1.82, 2.24) is 0 Å². The lowest BCUT2D eigenvalue weighted by molar-refractivity contribution is -0.126. The number of carbonyl (C=O) groups is 1. The minimum Gasteiger partial charge on any atom is -0.329 e.